The molecular weight excluding hydrogens is 357 g/mol. The smallest absolute Gasteiger partial charge is 0.139 e. The van der Waals surface area contributed by atoms with Crippen LogP contribution in [0.2, 0.25) is 0 Å². The molecule has 1 aromatic carbocycles. The van der Waals surface area contributed by atoms with Gasteiger partial charge in [-0.1, -0.05) is 0 Å². The van der Waals surface area contributed by atoms with Crippen LogP contribution >= 0.6 is 0 Å². The topological polar surface area (TPSA) is 50.5 Å². The molecule has 2 atom stereocenters. The molecule has 2 heterocycles. The molecule has 5 nitrogen and oxygen atoms in total. The molecule has 1 fully saturated rings. The van der Waals surface area contributed by atoms with E-state index in [4.69, 9.17) is 4.74 Å². The van der Waals surface area contributed by atoms with E-state index in [1.54, 1.807) is 6.92 Å². The molecule has 1 aliphatic heterocycles. The molecule has 152 valence electrons. The summed E-state index contributed by atoms with van der Waals surface area (Å²) in [5.74, 6) is 0.719. The summed E-state index contributed by atoms with van der Waals surface area (Å²) in [6.07, 6.45) is 7.43. The minimum atomic E-state index is -1.43. The predicted octanol–water partition coefficient (Wildman–Crippen LogP) is 4.49. The van der Waals surface area contributed by atoms with Crippen molar-refractivity contribution >= 4 is 5.69 Å². The Hall–Kier alpha value is -2.08. The Balaban J connectivity index is 1.79. The van der Waals surface area contributed by atoms with E-state index in [9.17, 15) is 9.50 Å². The first-order chi connectivity index (χ1) is 13.2. The van der Waals surface area contributed by atoms with E-state index in [1.165, 1.54) is 26.7 Å². The fourth-order valence-corrected chi connectivity index (χ4v) is 4.05. The molecule has 1 N–H and O–H groups in total. The van der Waals surface area contributed by atoms with Gasteiger partial charge in [0.15, 0.2) is 0 Å². The lowest BCUT2D eigenvalue weighted by Gasteiger charge is -2.40. The van der Waals surface area contributed by atoms with Crippen molar-refractivity contribution in [3.63, 3.8) is 0 Å². The van der Waals surface area contributed by atoms with Gasteiger partial charge >= 0.3 is 0 Å². The molecule has 6 heteroatoms. The maximum atomic E-state index is 14.2. The molecule has 2 aliphatic rings. The van der Waals surface area contributed by atoms with Gasteiger partial charge in [0, 0.05) is 34.6 Å². The fourth-order valence-electron chi connectivity index (χ4n) is 4.05. The van der Waals surface area contributed by atoms with Gasteiger partial charge in [0.05, 0.1) is 12.2 Å². The molecule has 0 spiro atoms. The van der Waals surface area contributed by atoms with Crippen LogP contribution in [0.1, 0.15) is 58.6 Å². The molecule has 28 heavy (non-hydrogen) atoms. The second-order valence-electron chi connectivity index (χ2n) is 8.81. The predicted molar refractivity (Wildman–Crippen MR) is 109 cm³/mol. The third-order valence-corrected chi connectivity index (χ3v) is 5.60. The number of aliphatic hydroxyl groups is 1. The highest BCUT2D eigenvalue weighted by atomic mass is 19.1. The average molecular weight is 387 g/mol. The lowest BCUT2D eigenvalue weighted by Crippen LogP contribution is -2.43. The summed E-state index contributed by atoms with van der Waals surface area (Å²) in [6, 6.07) is 4.81. The van der Waals surface area contributed by atoms with Crippen molar-refractivity contribution in [3.05, 3.63) is 30.1 Å². The molecule has 4 rings (SSSR count). The number of alkyl halides is 1. The van der Waals surface area contributed by atoms with Gasteiger partial charge in [0.2, 0.25) is 0 Å². The number of nitrogens with zero attached hydrogens (tertiary/aromatic N) is 3. The number of hydrogen-bond acceptors (Lipinski definition) is 4. The van der Waals surface area contributed by atoms with Crippen LogP contribution < -0.4 is 9.64 Å². The van der Waals surface area contributed by atoms with Crippen molar-refractivity contribution in [3.8, 4) is 16.9 Å². The van der Waals surface area contributed by atoms with Crippen molar-refractivity contribution in [2.24, 2.45) is 0 Å². The monoisotopic (exact) mass is 387 g/mol. The lowest BCUT2D eigenvalue weighted by atomic mass is 9.92. The van der Waals surface area contributed by atoms with Crippen LogP contribution in [0.3, 0.4) is 0 Å². The summed E-state index contributed by atoms with van der Waals surface area (Å²) < 4.78 is 22.3. The summed E-state index contributed by atoms with van der Waals surface area (Å²) in [6.45, 7) is 6.94. The van der Waals surface area contributed by atoms with Crippen molar-refractivity contribution in [2.75, 3.05) is 11.5 Å². The number of hydrogen-bond donors (Lipinski definition) is 1. The van der Waals surface area contributed by atoms with Crippen LogP contribution in [0.4, 0.5) is 10.1 Å². The molecule has 1 unspecified atom stereocenters. The zero-order valence-corrected chi connectivity index (χ0v) is 17.2. The van der Waals surface area contributed by atoms with E-state index in [0.29, 0.717) is 6.04 Å². The maximum Gasteiger partial charge on any atom is 0.139 e. The van der Waals surface area contributed by atoms with E-state index in [2.05, 4.69) is 24.3 Å². The first kappa shape index (κ1) is 19.2. The maximum absolute atomic E-state index is 14.2. The van der Waals surface area contributed by atoms with E-state index in [1.807, 2.05) is 21.8 Å². The zero-order chi connectivity index (χ0) is 20.1. The van der Waals surface area contributed by atoms with Crippen molar-refractivity contribution < 1.29 is 14.2 Å². The molecule has 0 amide bonds. The summed E-state index contributed by atoms with van der Waals surface area (Å²) in [4.78, 5) is 2.02. The van der Waals surface area contributed by atoms with Crippen molar-refractivity contribution in [1.29, 1.82) is 0 Å². The summed E-state index contributed by atoms with van der Waals surface area (Å²) in [7, 11) is 0. The SMILES string of the molecule is CC(O)N1c2ccc(-c3cnn(C4CC4)c3)c(OCC(C)(C)F)c2CC[C@@H]1C. The number of aromatic nitrogens is 2. The van der Waals surface area contributed by atoms with E-state index >= 15 is 0 Å². The van der Waals surface area contributed by atoms with Crippen LogP contribution in [0.5, 0.6) is 5.75 Å². The van der Waals surface area contributed by atoms with Gasteiger partial charge in [0.1, 0.15) is 24.3 Å². The molecular formula is C22H30FN3O2. The molecule has 0 saturated heterocycles. The quantitative estimate of drug-likeness (QED) is 0.793. The summed E-state index contributed by atoms with van der Waals surface area (Å²) >= 11 is 0. The van der Waals surface area contributed by atoms with Crippen LogP contribution in [-0.2, 0) is 6.42 Å². The highest BCUT2D eigenvalue weighted by molar-refractivity contribution is 5.77. The number of aliphatic hydroxyl groups excluding tert-OH is 1. The van der Waals surface area contributed by atoms with Crippen LogP contribution in [0.25, 0.3) is 11.1 Å². The van der Waals surface area contributed by atoms with Crippen LogP contribution in [-0.4, -0.2) is 39.4 Å². The van der Waals surface area contributed by atoms with Crippen molar-refractivity contribution in [2.45, 2.75) is 77.4 Å². The third kappa shape index (κ3) is 3.75. The first-order valence-corrected chi connectivity index (χ1v) is 10.2. The summed E-state index contributed by atoms with van der Waals surface area (Å²) in [5, 5.41) is 14.8. The van der Waals surface area contributed by atoms with Gasteiger partial charge < -0.3 is 14.7 Å². The molecule has 0 bridgehead atoms. The van der Waals surface area contributed by atoms with Gasteiger partial charge in [0.25, 0.3) is 0 Å². The second kappa shape index (κ2) is 7.07. The molecule has 1 aliphatic carbocycles. The van der Waals surface area contributed by atoms with E-state index < -0.39 is 11.9 Å². The standard InChI is InChI=1S/C22H30FN3O2/c1-14-5-8-19-20(26(14)15(2)27)10-9-18(21(19)28-13-22(3,4)23)16-11-24-25(12-16)17-6-7-17/h9-12,14-15,17,27H,5-8,13H2,1-4H3/t14-,15?/m0/s1. The molecule has 0 radical (unpaired) electrons. The minimum Gasteiger partial charge on any atom is -0.489 e. The molecule has 1 saturated carbocycles. The highest BCUT2D eigenvalue weighted by Gasteiger charge is 2.31. The van der Waals surface area contributed by atoms with E-state index in [-0.39, 0.29) is 12.6 Å². The van der Waals surface area contributed by atoms with Crippen LogP contribution in [0, 0.1) is 0 Å². The highest BCUT2D eigenvalue weighted by Crippen LogP contribution is 2.44. The lowest BCUT2D eigenvalue weighted by molar-refractivity contribution is 0.120. The number of fused-ring (bicyclic) bond motifs is 1. The molecule has 2 aromatic rings. The largest absolute Gasteiger partial charge is 0.489 e. The van der Waals surface area contributed by atoms with Gasteiger partial charge in [-0.3, -0.25) is 4.68 Å². The number of anilines is 1. The number of ether oxygens (including phenoxy) is 1. The van der Waals surface area contributed by atoms with Gasteiger partial charge in [-0.15, -0.1) is 0 Å². The Morgan fingerprint density at radius 3 is 2.71 bits per heavy atom. The zero-order valence-electron chi connectivity index (χ0n) is 17.2. The second-order valence-corrected chi connectivity index (χ2v) is 8.81. The Morgan fingerprint density at radius 2 is 2.07 bits per heavy atom. The van der Waals surface area contributed by atoms with Gasteiger partial charge in [-0.2, -0.15) is 5.10 Å². The number of benzene rings is 1. The Morgan fingerprint density at radius 1 is 1.32 bits per heavy atom. The Bertz CT molecular complexity index is 852. The molecule has 1 aromatic heterocycles. The minimum absolute atomic E-state index is 0.0164. The summed E-state index contributed by atoms with van der Waals surface area (Å²) in [5.41, 5.74) is 2.52. The van der Waals surface area contributed by atoms with Gasteiger partial charge in [-0.05, 0) is 65.5 Å². The van der Waals surface area contributed by atoms with Crippen molar-refractivity contribution in [1.82, 2.24) is 9.78 Å². The van der Waals surface area contributed by atoms with Gasteiger partial charge in [-0.25, -0.2) is 4.39 Å². The number of rotatable bonds is 6. The Kier molecular flexibility index (Phi) is 4.86. The third-order valence-electron chi connectivity index (χ3n) is 5.60. The first-order valence-electron chi connectivity index (χ1n) is 10.2. The fraction of sp³-hybridized carbons (Fsp3) is 0.591. The average Bonchev–Trinajstić information content (AvgIpc) is 3.35. The Labute approximate surface area is 166 Å². The van der Waals surface area contributed by atoms with E-state index in [0.717, 1.165) is 41.0 Å². The van der Waals surface area contributed by atoms with Crippen LogP contribution in [0.15, 0.2) is 24.5 Å². The normalized spacial score (nSPS) is 20.8. The number of halogens is 1.